The van der Waals surface area contributed by atoms with E-state index in [1.165, 1.54) is 6.07 Å². The molecule has 2 unspecified atom stereocenters. The number of hydrogen-bond acceptors (Lipinski definition) is 2. The van der Waals surface area contributed by atoms with Crippen LogP contribution in [0, 0.1) is 18.7 Å². The minimum atomic E-state index is -0.712. The van der Waals surface area contributed by atoms with E-state index in [1.54, 1.807) is 19.1 Å². The fourth-order valence-corrected chi connectivity index (χ4v) is 3.23. The first kappa shape index (κ1) is 15.2. The lowest BCUT2D eigenvalue weighted by atomic mass is 9.74. The van der Waals surface area contributed by atoms with E-state index in [1.807, 2.05) is 6.92 Å². The number of hydrogen-bond donors (Lipinski definition) is 0. The standard InChI is InChI=1S/C17H23FO2/c1-4-20-17(9-5-6-12(2)11-17)16(19)14-7-8-15(18)13(3)10-14/h7-8,10,12H,4-6,9,11H2,1-3H3. The highest BCUT2D eigenvalue weighted by molar-refractivity contribution is 6.02. The molecule has 1 saturated carbocycles. The van der Waals surface area contributed by atoms with Gasteiger partial charge in [0.15, 0.2) is 5.78 Å². The lowest BCUT2D eigenvalue weighted by molar-refractivity contribution is -0.0511. The fourth-order valence-electron chi connectivity index (χ4n) is 3.23. The van der Waals surface area contributed by atoms with Crippen molar-refractivity contribution < 1.29 is 13.9 Å². The number of aryl methyl sites for hydroxylation is 1. The van der Waals surface area contributed by atoms with Gasteiger partial charge in [0.2, 0.25) is 0 Å². The van der Waals surface area contributed by atoms with E-state index >= 15 is 0 Å². The van der Waals surface area contributed by atoms with E-state index in [0.29, 0.717) is 23.7 Å². The van der Waals surface area contributed by atoms with Crippen molar-refractivity contribution in [3.05, 3.63) is 35.1 Å². The number of benzene rings is 1. The van der Waals surface area contributed by atoms with E-state index in [-0.39, 0.29) is 11.6 Å². The van der Waals surface area contributed by atoms with Gasteiger partial charge in [0.1, 0.15) is 11.4 Å². The van der Waals surface area contributed by atoms with Crippen molar-refractivity contribution in [1.29, 1.82) is 0 Å². The third-order valence-corrected chi connectivity index (χ3v) is 4.21. The van der Waals surface area contributed by atoms with Crippen LogP contribution in [0.1, 0.15) is 55.5 Å². The Kier molecular flexibility index (Phi) is 4.59. The molecule has 0 saturated heterocycles. The van der Waals surface area contributed by atoms with Crippen LogP contribution in [-0.2, 0) is 4.74 Å². The van der Waals surface area contributed by atoms with Gasteiger partial charge in [-0.2, -0.15) is 0 Å². The van der Waals surface area contributed by atoms with Crippen LogP contribution < -0.4 is 0 Å². The monoisotopic (exact) mass is 278 g/mol. The minimum absolute atomic E-state index is 0.00833. The molecular formula is C17H23FO2. The SMILES string of the molecule is CCOC1(C(=O)c2ccc(F)c(C)c2)CCCC(C)C1. The highest BCUT2D eigenvalue weighted by Crippen LogP contribution is 2.37. The molecule has 1 aliphatic carbocycles. The van der Waals surface area contributed by atoms with Gasteiger partial charge in [0.05, 0.1) is 0 Å². The Balaban J connectivity index is 2.33. The van der Waals surface area contributed by atoms with Crippen molar-refractivity contribution in [1.82, 2.24) is 0 Å². The lowest BCUT2D eigenvalue weighted by Crippen LogP contribution is -2.45. The van der Waals surface area contributed by atoms with Crippen molar-refractivity contribution in [3.8, 4) is 0 Å². The Bertz CT molecular complexity index is 494. The van der Waals surface area contributed by atoms with Gasteiger partial charge in [-0.05, 0) is 62.8 Å². The number of rotatable bonds is 4. The number of carbonyl (C=O) groups is 1. The summed E-state index contributed by atoms with van der Waals surface area (Å²) in [7, 11) is 0. The van der Waals surface area contributed by atoms with Crippen LogP contribution in [0.4, 0.5) is 4.39 Å². The summed E-state index contributed by atoms with van der Waals surface area (Å²) in [5.41, 5.74) is 0.356. The normalized spacial score (nSPS) is 26.5. The number of carbonyl (C=O) groups excluding carboxylic acids is 1. The molecule has 0 heterocycles. The molecule has 2 rings (SSSR count). The molecule has 0 aromatic heterocycles. The molecule has 1 aromatic rings. The number of ether oxygens (including phenoxy) is 1. The predicted molar refractivity (Wildman–Crippen MR) is 77.5 cm³/mol. The molecule has 1 aliphatic rings. The molecule has 20 heavy (non-hydrogen) atoms. The summed E-state index contributed by atoms with van der Waals surface area (Å²) in [6, 6.07) is 4.58. The van der Waals surface area contributed by atoms with Gasteiger partial charge in [0.25, 0.3) is 0 Å². The largest absolute Gasteiger partial charge is 0.367 e. The van der Waals surface area contributed by atoms with Gasteiger partial charge in [-0.25, -0.2) is 4.39 Å². The molecule has 0 amide bonds. The van der Waals surface area contributed by atoms with Crippen LogP contribution in [-0.4, -0.2) is 18.0 Å². The maximum atomic E-state index is 13.4. The summed E-state index contributed by atoms with van der Waals surface area (Å²) in [5, 5.41) is 0. The van der Waals surface area contributed by atoms with Gasteiger partial charge in [-0.3, -0.25) is 4.79 Å². The predicted octanol–water partition coefficient (Wildman–Crippen LogP) is 4.30. The minimum Gasteiger partial charge on any atom is -0.367 e. The first-order valence-electron chi connectivity index (χ1n) is 7.43. The van der Waals surface area contributed by atoms with Crippen molar-refractivity contribution in [3.63, 3.8) is 0 Å². The molecule has 0 radical (unpaired) electrons. The molecule has 0 N–H and O–H groups in total. The maximum Gasteiger partial charge on any atom is 0.194 e. The van der Waals surface area contributed by atoms with E-state index in [4.69, 9.17) is 4.74 Å². The smallest absolute Gasteiger partial charge is 0.194 e. The summed E-state index contributed by atoms with van der Waals surface area (Å²) in [4.78, 5) is 12.9. The van der Waals surface area contributed by atoms with Crippen molar-refractivity contribution in [2.75, 3.05) is 6.61 Å². The third kappa shape index (κ3) is 2.93. The lowest BCUT2D eigenvalue weighted by Gasteiger charge is -2.38. The molecular weight excluding hydrogens is 255 g/mol. The van der Waals surface area contributed by atoms with E-state index in [9.17, 15) is 9.18 Å². The molecule has 110 valence electrons. The summed E-state index contributed by atoms with van der Waals surface area (Å²) >= 11 is 0. The number of ketones is 1. The summed E-state index contributed by atoms with van der Waals surface area (Å²) in [6.07, 6.45) is 3.67. The summed E-state index contributed by atoms with van der Waals surface area (Å²) in [5.74, 6) is 0.221. The molecule has 3 heteroatoms. The zero-order valence-electron chi connectivity index (χ0n) is 12.5. The van der Waals surface area contributed by atoms with Crippen molar-refractivity contribution >= 4 is 5.78 Å². The first-order chi connectivity index (χ1) is 9.48. The zero-order valence-corrected chi connectivity index (χ0v) is 12.5. The average Bonchev–Trinajstić information content (AvgIpc) is 2.41. The molecule has 0 aliphatic heterocycles. The third-order valence-electron chi connectivity index (χ3n) is 4.21. The van der Waals surface area contributed by atoms with Gasteiger partial charge in [-0.15, -0.1) is 0 Å². The Morgan fingerprint density at radius 1 is 1.50 bits per heavy atom. The van der Waals surface area contributed by atoms with Gasteiger partial charge in [0, 0.05) is 12.2 Å². The van der Waals surface area contributed by atoms with Crippen LogP contribution in [0.5, 0.6) is 0 Å². The van der Waals surface area contributed by atoms with Gasteiger partial charge >= 0.3 is 0 Å². The van der Waals surface area contributed by atoms with Crippen LogP contribution in [0.25, 0.3) is 0 Å². The van der Waals surface area contributed by atoms with E-state index < -0.39 is 5.60 Å². The fraction of sp³-hybridized carbons (Fsp3) is 0.588. The quantitative estimate of drug-likeness (QED) is 0.767. The molecule has 1 aromatic carbocycles. The Morgan fingerprint density at radius 2 is 2.25 bits per heavy atom. The Hall–Kier alpha value is -1.22. The molecule has 2 atom stereocenters. The second-order valence-corrected chi connectivity index (χ2v) is 5.92. The zero-order chi connectivity index (χ0) is 14.8. The second kappa shape index (κ2) is 6.04. The van der Waals surface area contributed by atoms with Crippen LogP contribution in [0.2, 0.25) is 0 Å². The van der Waals surface area contributed by atoms with Crippen LogP contribution in [0.15, 0.2) is 18.2 Å². The van der Waals surface area contributed by atoms with Crippen LogP contribution in [0.3, 0.4) is 0 Å². The topological polar surface area (TPSA) is 26.3 Å². The van der Waals surface area contributed by atoms with E-state index in [0.717, 1.165) is 25.7 Å². The average molecular weight is 278 g/mol. The molecule has 2 nitrogen and oxygen atoms in total. The summed E-state index contributed by atoms with van der Waals surface area (Å²) in [6.45, 7) is 6.29. The van der Waals surface area contributed by atoms with Crippen molar-refractivity contribution in [2.24, 2.45) is 5.92 Å². The Morgan fingerprint density at radius 3 is 2.85 bits per heavy atom. The summed E-state index contributed by atoms with van der Waals surface area (Å²) < 4.78 is 19.3. The molecule has 0 bridgehead atoms. The highest BCUT2D eigenvalue weighted by Gasteiger charge is 2.42. The highest BCUT2D eigenvalue weighted by atomic mass is 19.1. The number of Topliss-reactive ketones (excluding diaryl/α,β-unsaturated/α-hetero) is 1. The second-order valence-electron chi connectivity index (χ2n) is 5.92. The molecule has 0 spiro atoms. The number of halogens is 1. The van der Waals surface area contributed by atoms with Crippen LogP contribution >= 0.6 is 0 Å². The Labute approximate surface area is 120 Å². The maximum absolute atomic E-state index is 13.4. The van der Waals surface area contributed by atoms with Crippen molar-refractivity contribution in [2.45, 2.75) is 52.1 Å². The van der Waals surface area contributed by atoms with E-state index in [2.05, 4.69) is 6.92 Å². The van der Waals surface area contributed by atoms with Gasteiger partial charge < -0.3 is 4.74 Å². The molecule has 1 fully saturated rings. The van der Waals surface area contributed by atoms with Gasteiger partial charge in [-0.1, -0.05) is 13.3 Å². The first-order valence-corrected chi connectivity index (χ1v) is 7.43.